The number of alkyl halides is 3. The van der Waals surface area contributed by atoms with Crippen molar-refractivity contribution >= 4 is 33.7 Å². The van der Waals surface area contributed by atoms with Crippen molar-refractivity contribution in [3.05, 3.63) is 59.1 Å². The molecule has 0 fully saturated rings. The van der Waals surface area contributed by atoms with E-state index in [1.165, 1.54) is 36.4 Å². The van der Waals surface area contributed by atoms with Crippen molar-refractivity contribution in [1.82, 2.24) is 0 Å². The summed E-state index contributed by atoms with van der Waals surface area (Å²) in [5, 5.41) is 28.3. The van der Waals surface area contributed by atoms with Crippen molar-refractivity contribution in [2.24, 2.45) is 10.2 Å². The van der Waals surface area contributed by atoms with Crippen LogP contribution in [0, 0.1) is 0 Å². The van der Waals surface area contributed by atoms with E-state index in [1.807, 2.05) is 0 Å². The van der Waals surface area contributed by atoms with Crippen LogP contribution in [-0.2, 0) is 6.18 Å². The van der Waals surface area contributed by atoms with Crippen molar-refractivity contribution in [3.8, 4) is 11.5 Å². The van der Waals surface area contributed by atoms with Crippen LogP contribution < -0.4 is 0 Å². The molecule has 2 N–H and O–H groups in total. The molecule has 0 saturated carbocycles. The first-order valence-corrected chi connectivity index (χ1v) is 7.37. The van der Waals surface area contributed by atoms with Gasteiger partial charge in [0.2, 0.25) is 0 Å². The molecule has 0 radical (unpaired) electrons. The van der Waals surface area contributed by atoms with Crippen molar-refractivity contribution < 1.29 is 23.4 Å². The molecule has 0 aliphatic heterocycles. The molecule has 4 nitrogen and oxygen atoms in total. The van der Waals surface area contributed by atoms with Gasteiger partial charge in [-0.25, -0.2) is 0 Å². The number of hydrogen-bond donors (Lipinski definition) is 2. The Morgan fingerprint density at radius 2 is 1.56 bits per heavy atom. The van der Waals surface area contributed by atoms with E-state index in [-0.39, 0.29) is 28.3 Å². The number of phenolic OH excluding ortho intramolecular Hbond substituents is 2. The average molecular weight is 367 g/mol. The van der Waals surface area contributed by atoms with Crippen LogP contribution in [-0.4, -0.2) is 10.2 Å². The highest BCUT2D eigenvalue weighted by Crippen LogP contribution is 2.40. The molecule has 3 rings (SSSR count). The number of halogens is 4. The topological polar surface area (TPSA) is 65.2 Å². The van der Waals surface area contributed by atoms with Gasteiger partial charge in [-0.1, -0.05) is 23.7 Å². The minimum Gasteiger partial charge on any atom is -0.506 e. The third-order valence-corrected chi connectivity index (χ3v) is 3.73. The van der Waals surface area contributed by atoms with Crippen LogP contribution in [0.25, 0.3) is 10.8 Å². The zero-order valence-electron chi connectivity index (χ0n) is 12.4. The van der Waals surface area contributed by atoms with E-state index in [0.717, 1.165) is 12.1 Å². The molecule has 0 aromatic heterocycles. The van der Waals surface area contributed by atoms with Gasteiger partial charge in [0.25, 0.3) is 0 Å². The standard InChI is InChI=1S/C17H10ClF3N2O2/c18-11-3-6-14(24)13(8-11)22-23-16-12-4-2-10(17(19,20)21)7-9(12)1-5-15(16)25/h1-8,24-25H. The number of hydrogen-bond acceptors (Lipinski definition) is 4. The Morgan fingerprint density at radius 1 is 0.840 bits per heavy atom. The highest BCUT2D eigenvalue weighted by Gasteiger charge is 2.30. The molecule has 0 bridgehead atoms. The Hall–Kier alpha value is -2.80. The maximum Gasteiger partial charge on any atom is 0.416 e. The zero-order chi connectivity index (χ0) is 18.2. The van der Waals surface area contributed by atoms with Crippen LogP contribution >= 0.6 is 11.6 Å². The summed E-state index contributed by atoms with van der Waals surface area (Å²) in [6, 6.07) is 9.82. The second-order valence-corrected chi connectivity index (χ2v) is 5.64. The van der Waals surface area contributed by atoms with Crippen molar-refractivity contribution in [1.29, 1.82) is 0 Å². The lowest BCUT2D eigenvalue weighted by Crippen LogP contribution is -2.04. The number of benzene rings is 3. The summed E-state index contributed by atoms with van der Waals surface area (Å²) < 4.78 is 38.4. The highest BCUT2D eigenvalue weighted by molar-refractivity contribution is 6.30. The maximum atomic E-state index is 12.8. The molecule has 3 aromatic rings. The van der Waals surface area contributed by atoms with Crippen LogP contribution in [0.2, 0.25) is 5.02 Å². The first-order valence-electron chi connectivity index (χ1n) is 6.99. The highest BCUT2D eigenvalue weighted by atomic mass is 35.5. The third kappa shape index (κ3) is 3.51. The Kier molecular flexibility index (Phi) is 4.26. The number of nitrogens with zero attached hydrogens (tertiary/aromatic N) is 2. The average Bonchev–Trinajstić information content (AvgIpc) is 2.55. The van der Waals surface area contributed by atoms with E-state index in [4.69, 9.17) is 11.6 Å². The minimum absolute atomic E-state index is 0.00870. The number of azo groups is 1. The van der Waals surface area contributed by atoms with Crippen molar-refractivity contribution in [2.45, 2.75) is 6.18 Å². The van der Waals surface area contributed by atoms with Crippen molar-refractivity contribution in [2.75, 3.05) is 0 Å². The Labute approximate surface area is 144 Å². The van der Waals surface area contributed by atoms with E-state index in [9.17, 15) is 23.4 Å². The number of rotatable bonds is 2. The lowest BCUT2D eigenvalue weighted by molar-refractivity contribution is -0.137. The summed E-state index contributed by atoms with van der Waals surface area (Å²) in [5.74, 6) is -0.426. The van der Waals surface area contributed by atoms with Gasteiger partial charge in [-0.05, 0) is 41.8 Å². The fourth-order valence-corrected chi connectivity index (χ4v) is 2.43. The first-order chi connectivity index (χ1) is 11.8. The van der Waals surface area contributed by atoms with Gasteiger partial charge in [-0.15, -0.1) is 10.2 Å². The summed E-state index contributed by atoms with van der Waals surface area (Å²) in [6.45, 7) is 0. The van der Waals surface area contributed by atoms with Crippen LogP contribution in [0.4, 0.5) is 24.5 Å². The van der Waals surface area contributed by atoms with Crippen molar-refractivity contribution in [3.63, 3.8) is 0 Å². The van der Waals surface area contributed by atoms with Gasteiger partial charge in [0.15, 0.2) is 0 Å². The second kappa shape index (κ2) is 6.25. The molecule has 0 amide bonds. The quantitative estimate of drug-likeness (QED) is 0.520. The molecule has 0 aliphatic carbocycles. The summed E-state index contributed by atoms with van der Waals surface area (Å²) in [4.78, 5) is 0. The molecule has 0 heterocycles. The summed E-state index contributed by atoms with van der Waals surface area (Å²) >= 11 is 5.82. The number of aromatic hydroxyl groups is 2. The largest absolute Gasteiger partial charge is 0.506 e. The zero-order valence-corrected chi connectivity index (χ0v) is 13.2. The molecule has 128 valence electrons. The predicted molar refractivity (Wildman–Crippen MR) is 87.9 cm³/mol. The van der Waals surface area contributed by atoms with Crippen LogP contribution in [0.3, 0.4) is 0 Å². The smallest absolute Gasteiger partial charge is 0.416 e. The van der Waals surface area contributed by atoms with Gasteiger partial charge < -0.3 is 10.2 Å². The minimum atomic E-state index is -4.47. The van der Waals surface area contributed by atoms with E-state index in [0.29, 0.717) is 10.4 Å². The van der Waals surface area contributed by atoms with Crippen LogP contribution in [0.15, 0.2) is 58.8 Å². The monoisotopic (exact) mass is 366 g/mol. The van der Waals surface area contributed by atoms with Crippen LogP contribution in [0.1, 0.15) is 5.56 Å². The summed E-state index contributed by atoms with van der Waals surface area (Å²) in [6.07, 6.45) is -4.47. The van der Waals surface area contributed by atoms with Gasteiger partial charge in [0.1, 0.15) is 22.9 Å². The van der Waals surface area contributed by atoms with E-state index < -0.39 is 11.7 Å². The van der Waals surface area contributed by atoms with Gasteiger partial charge in [-0.2, -0.15) is 13.2 Å². The Bertz CT molecular complexity index is 988. The fourth-order valence-electron chi connectivity index (χ4n) is 2.26. The SMILES string of the molecule is Oc1ccc(Cl)cc1N=Nc1c(O)ccc2cc(C(F)(F)F)ccc12. The number of phenols is 2. The summed E-state index contributed by atoms with van der Waals surface area (Å²) in [5.41, 5.74) is -0.748. The summed E-state index contributed by atoms with van der Waals surface area (Å²) in [7, 11) is 0. The molecule has 8 heteroatoms. The fraction of sp³-hybridized carbons (Fsp3) is 0.0588. The normalized spacial score (nSPS) is 12.2. The first kappa shape index (κ1) is 17.0. The van der Waals surface area contributed by atoms with E-state index in [1.54, 1.807) is 0 Å². The molecule has 3 aromatic carbocycles. The maximum absolute atomic E-state index is 12.8. The molecular formula is C17H10ClF3N2O2. The molecule has 0 spiro atoms. The Morgan fingerprint density at radius 3 is 2.28 bits per heavy atom. The predicted octanol–water partition coefficient (Wildman–Crippen LogP) is 6.34. The number of fused-ring (bicyclic) bond motifs is 1. The Balaban J connectivity index is 2.11. The van der Waals surface area contributed by atoms with E-state index >= 15 is 0 Å². The lowest BCUT2D eigenvalue weighted by Gasteiger charge is -2.09. The lowest BCUT2D eigenvalue weighted by atomic mass is 10.0. The van der Waals surface area contributed by atoms with Crippen LogP contribution in [0.5, 0.6) is 11.5 Å². The van der Waals surface area contributed by atoms with Gasteiger partial charge >= 0.3 is 6.18 Å². The van der Waals surface area contributed by atoms with E-state index in [2.05, 4.69) is 10.2 Å². The third-order valence-electron chi connectivity index (χ3n) is 3.49. The van der Waals surface area contributed by atoms with Gasteiger partial charge in [-0.3, -0.25) is 0 Å². The second-order valence-electron chi connectivity index (χ2n) is 5.20. The molecular weight excluding hydrogens is 357 g/mol. The van der Waals surface area contributed by atoms with Gasteiger partial charge in [0.05, 0.1) is 5.56 Å². The molecule has 0 aliphatic rings. The molecule has 0 unspecified atom stereocenters. The molecule has 25 heavy (non-hydrogen) atoms. The van der Waals surface area contributed by atoms with Gasteiger partial charge in [0, 0.05) is 10.4 Å². The molecule has 0 atom stereocenters. The molecule has 0 saturated heterocycles.